The predicted molar refractivity (Wildman–Crippen MR) is 92.3 cm³/mol. The molecule has 2 aromatic carbocycles. The Labute approximate surface area is 138 Å². The molecule has 1 amide bonds. The summed E-state index contributed by atoms with van der Waals surface area (Å²) in [5, 5.41) is 2.95. The molecule has 1 N–H and O–H groups in total. The second kappa shape index (κ2) is 6.75. The third kappa shape index (κ3) is 3.32. The lowest BCUT2D eigenvalue weighted by molar-refractivity contribution is 0.102. The molecule has 3 aromatic rings. The molecule has 0 spiro atoms. The summed E-state index contributed by atoms with van der Waals surface area (Å²) in [7, 11) is 0. The van der Waals surface area contributed by atoms with E-state index in [2.05, 4.69) is 14.1 Å². The maximum absolute atomic E-state index is 12.5. The molecular weight excluding hydrogens is 310 g/mol. The molecule has 1 heterocycles. The van der Waals surface area contributed by atoms with Gasteiger partial charge in [0, 0.05) is 5.56 Å². The maximum Gasteiger partial charge on any atom is 0.255 e. The van der Waals surface area contributed by atoms with Gasteiger partial charge in [0.1, 0.15) is 16.8 Å². The summed E-state index contributed by atoms with van der Waals surface area (Å²) in [5.74, 6) is 0.514. The molecule has 0 unspecified atom stereocenters. The Bertz CT molecular complexity index is 845. The standard InChI is InChI=1S/C17H17N3O2S/c1-3-9-22-13-6-4-5-12(10-13)17(21)18-15-11(2)7-8-14-16(15)20-23-19-14/h4-8,10H,3,9H2,1-2H3,(H,18,21). The van der Waals surface area contributed by atoms with E-state index in [4.69, 9.17) is 4.74 Å². The molecule has 1 aromatic heterocycles. The largest absolute Gasteiger partial charge is 0.494 e. The number of nitrogens with zero attached hydrogens (tertiary/aromatic N) is 2. The first kappa shape index (κ1) is 15.4. The fraction of sp³-hybridized carbons (Fsp3) is 0.235. The van der Waals surface area contributed by atoms with E-state index in [1.54, 1.807) is 12.1 Å². The van der Waals surface area contributed by atoms with Gasteiger partial charge >= 0.3 is 0 Å². The van der Waals surface area contributed by atoms with Crippen LogP contribution in [-0.4, -0.2) is 21.3 Å². The number of nitrogens with one attached hydrogen (secondary N) is 1. The molecule has 5 nitrogen and oxygen atoms in total. The molecular formula is C17H17N3O2S. The summed E-state index contributed by atoms with van der Waals surface area (Å²) in [6.07, 6.45) is 0.925. The van der Waals surface area contributed by atoms with Gasteiger partial charge in [-0.25, -0.2) is 0 Å². The molecule has 6 heteroatoms. The Morgan fingerprint density at radius 3 is 2.96 bits per heavy atom. The quantitative estimate of drug-likeness (QED) is 0.768. The minimum Gasteiger partial charge on any atom is -0.494 e. The van der Waals surface area contributed by atoms with E-state index in [9.17, 15) is 4.79 Å². The highest BCUT2D eigenvalue weighted by molar-refractivity contribution is 7.00. The fourth-order valence-corrected chi connectivity index (χ4v) is 2.79. The van der Waals surface area contributed by atoms with Gasteiger partial charge in [0.2, 0.25) is 0 Å². The van der Waals surface area contributed by atoms with Crippen LogP contribution in [0.4, 0.5) is 5.69 Å². The van der Waals surface area contributed by atoms with Crippen molar-refractivity contribution in [2.75, 3.05) is 11.9 Å². The van der Waals surface area contributed by atoms with E-state index >= 15 is 0 Å². The molecule has 0 fully saturated rings. The number of rotatable bonds is 5. The van der Waals surface area contributed by atoms with Crippen LogP contribution in [0.1, 0.15) is 29.3 Å². The second-order valence-electron chi connectivity index (χ2n) is 5.22. The Kier molecular flexibility index (Phi) is 4.52. The van der Waals surface area contributed by atoms with Gasteiger partial charge in [0.25, 0.3) is 5.91 Å². The smallest absolute Gasteiger partial charge is 0.255 e. The van der Waals surface area contributed by atoms with Crippen molar-refractivity contribution in [1.29, 1.82) is 0 Å². The van der Waals surface area contributed by atoms with Crippen LogP contribution in [0.15, 0.2) is 36.4 Å². The van der Waals surface area contributed by atoms with Crippen molar-refractivity contribution in [2.45, 2.75) is 20.3 Å². The summed E-state index contributed by atoms with van der Waals surface area (Å²) in [6, 6.07) is 11.0. The van der Waals surface area contributed by atoms with Gasteiger partial charge < -0.3 is 10.1 Å². The molecule has 0 saturated carbocycles. The number of anilines is 1. The number of amides is 1. The lowest BCUT2D eigenvalue weighted by Gasteiger charge is -2.10. The summed E-state index contributed by atoms with van der Waals surface area (Å²) in [4.78, 5) is 12.5. The van der Waals surface area contributed by atoms with E-state index in [0.717, 1.165) is 34.7 Å². The molecule has 0 aliphatic rings. The highest BCUT2D eigenvalue weighted by Gasteiger charge is 2.13. The molecule has 0 radical (unpaired) electrons. The lowest BCUT2D eigenvalue weighted by Crippen LogP contribution is -2.13. The Morgan fingerprint density at radius 2 is 2.13 bits per heavy atom. The van der Waals surface area contributed by atoms with Crippen LogP contribution in [0.2, 0.25) is 0 Å². The zero-order valence-electron chi connectivity index (χ0n) is 13.0. The molecule has 23 heavy (non-hydrogen) atoms. The number of carbonyl (C=O) groups excluding carboxylic acids is 1. The number of fused-ring (bicyclic) bond motifs is 1. The molecule has 0 atom stereocenters. The third-order valence-electron chi connectivity index (χ3n) is 3.44. The van der Waals surface area contributed by atoms with Gasteiger partial charge in [-0.2, -0.15) is 8.75 Å². The van der Waals surface area contributed by atoms with Crippen molar-refractivity contribution in [3.8, 4) is 5.75 Å². The van der Waals surface area contributed by atoms with Crippen molar-refractivity contribution < 1.29 is 9.53 Å². The molecule has 0 saturated heterocycles. The highest BCUT2D eigenvalue weighted by Crippen LogP contribution is 2.26. The second-order valence-corrected chi connectivity index (χ2v) is 5.75. The number of hydrogen-bond acceptors (Lipinski definition) is 5. The SMILES string of the molecule is CCCOc1cccc(C(=O)Nc2c(C)ccc3nsnc23)c1. The predicted octanol–water partition coefficient (Wildman–Crippen LogP) is 4.04. The first-order chi connectivity index (χ1) is 11.2. The van der Waals surface area contributed by atoms with E-state index in [-0.39, 0.29) is 5.91 Å². The number of benzene rings is 2. The van der Waals surface area contributed by atoms with Gasteiger partial charge in [-0.1, -0.05) is 19.1 Å². The number of aryl methyl sites for hydroxylation is 1. The third-order valence-corrected chi connectivity index (χ3v) is 3.99. The van der Waals surface area contributed by atoms with Crippen LogP contribution in [0.25, 0.3) is 11.0 Å². The Hall–Kier alpha value is -2.47. The fourth-order valence-electron chi connectivity index (χ4n) is 2.24. The number of carbonyl (C=O) groups is 1. The van der Waals surface area contributed by atoms with Crippen LogP contribution in [0, 0.1) is 6.92 Å². The number of aromatic nitrogens is 2. The van der Waals surface area contributed by atoms with Gasteiger partial charge in [-0.05, 0) is 43.2 Å². The molecule has 0 aliphatic heterocycles. The highest BCUT2D eigenvalue weighted by atomic mass is 32.1. The van der Waals surface area contributed by atoms with E-state index in [1.165, 1.54) is 0 Å². The number of ether oxygens (including phenoxy) is 1. The first-order valence-electron chi connectivity index (χ1n) is 7.45. The Balaban J connectivity index is 1.86. The molecule has 118 valence electrons. The van der Waals surface area contributed by atoms with Crippen LogP contribution in [-0.2, 0) is 0 Å². The van der Waals surface area contributed by atoms with Crippen molar-refractivity contribution in [3.63, 3.8) is 0 Å². The van der Waals surface area contributed by atoms with Gasteiger partial charge in [0.15, 0.2) is 0 Å². The normalized spacial score (nSPS) is 10.7. The zero-order chi connectivity index (χ0) is 16.2. The van der Waals surface area contributed by atoms with E-state index in [0.29, 0.717) is 23.6 Å². The maximum atomic E-state index is 12.5. The summed E-state index contributed by atoms with van der Waals surface area (Å²) >= 11 is 1.14. The van der Waals surface area contributed by atoms with Crippen LogP contribution in [0.3, 0.4) is 0 Å². The molecule has 3 rings (SSSR count). The zero-order valence-corrected chi connectivity index (χ0v) is 13.8. The summed E-state index contributed by atoms with van der Waals surface area (Å²) < 4.78 is 14.1. The van der Waals surface area contributed by atoms with Gasteiger partial charge in [-0.15, -0.1) is 0 Å². The minimum atomic E-state index is -0.185. The van der Waals surface area contributed by atoms with E-state index < -0.39 is 0 Å². The lowest BCUT2D eigenvalue weighted by atomic mass is 10.1. The number of hydrogen-bond donors (Lipinski definition) is 1. The molecule has 0 bridgehead atoms. The van der Waals surface area contributed by atoms with Crippen molar-refractivity contribution in [2.24, 2.45) is 0 Å². The first-order valence-corrected chi connectivity index (χ1v) is 8.18. The van der Waals surface area contributed by atoms with Crippen molar-refractivity contribution in [1.82, 2.24) is 8.75 Å². The summed E-state index contributed by atoms with van der Waals surface area (Å²) in [6.45, 7) is 4.62. The minimum absolute atomic E-state index is 0.185. The average Bonchev–Trinajstić information content (AvgIpc) is 3.04. The van der Waals surface area contributed by atoms with Crippen LogP contribution < -0.4 is 10.1 Å². The van der Waals surface area contributed by atoms with Gasteiger partial charge in [0.05, 0.1) is 24.0 Å². The topological polar surface area (TPSA) is 64.1 Å². The monoisotopic (exact) mass is 327 g/mol. The Morgan fingerprint density at radius 1 is 1.26 bits per heavy atom. The van der Waals surface area contributed by atoms with Crippen LogP contribution in [0.5, 0.6) is 5.75 Å². The average molecular weight is 327 g/mol. The van der Waals surface area contributed by atoms with Crippen LogP contribution >= 0.6 is 11.7 Å². The van der Waals surface area contributed by atoms with Crippen molar-refractivity contribution >= 4 is 34.4 Å². The van der Waals surface area contributed by atoms with Gasteiger partial charge in [-0.3, -0.25) is 4.79 Å². The van der Waals surface area contributed by atoms with E-state index in [1.807, 2.05) is 38.1 Å². The summed E-state index contributed by atoms with van der Waals surface area (Å²) in [5.41, 5.74) is 3.73. The van der Waals surface area contributed by atoms with Crippen molar-refractivity contribution in [3.05, 3.63) is 47.5 Å². The molecule has 0 aliphatic carbocycles.